The Balaban J connectivity index is 1.25. The normalized spacial score (nSPS) is 17.4. The molecule has 7 aromatic rings. The second-order valence-electron chi connectivity index (χ2n) is 12.4. The highest BCUT2D eigenvalue weighted by Gasteiger charge is 2.42. The molecule has 0 bridgehead atoms. The van der Waals surface area contributed by atoms with Crippen LogP contribution >= 0.6 is 0 Å². The molecule has 0 saturated heterocycles. The molecule has 1 aliphatic heterocycles. The molecule has 6 aromatic carbocycles. The van der Waals surface area contributed by atoms with Gasteiger partial charge in [0.1, 0.15) is 11.7 Å². The lowest BCUT2D eigenvalue weighted by molar-refractivity contribution is 0.197. The lowest BCUT2D eigenvalue weighted by Crippen LogP contribution is -2.38. The standard InChI is InChI=1S/C41H30O2/c1-41(2)33-22-21-32-27-14-10-11-19-35(27)42-39(32)40(33)43-36-23-20-26(24-34(36)41)38-30-17-8-6-15-28(30)37(25-12-4-3-5-13-25)29-16-7-9-18-31(29)38/h3-22,24,36H,23H2,1-2H3. The molecule has 0 radical (unpaired) electrons. The van der Waals surface area contributed by atoms with Gasteiger partial charge in [0.05, 0.1) is 0 Å². The molecule has 1 aliphatic carbocycles. The van der Waals surface area contributed by atoms with Crippen molar-refractivity contribution in [3.63, 3.8) is 0 Å². The van der Waals surface area contributed by atoms with E-state index in [1.54, 1.807) is 0 Å². The molecule has 2 aliphatic rings. The Hall–Kier alpha value is -5.08. The van der Waals surface area contributed by atoms with Gasteiger partial charge in [-0.2, -0.15) is 0 Å². The van der Waals surface area contributed by atoms with Gasteiger partial charge < -0.3 is 9.15 Å². The van der Waals surface area contributed by atoms with Crippen LogP contribution in [0, 0.1) is 0 Å². The van der Waals surface area contributed by atoms with Crippen LogP contribution in [0.3, 0.4) is 0 Å². The third-order valence-corrected chi connectivity index (χ3v) is 9.65. The summed E-state index contributed by atoms with van der Waals surface area (Å²) < 4.78 is 13.2. The lowest BCUT2D eigenvalue weighted by Gasteiger charge is -2.42. The Labute approximate surface area is 250 Å². The van der Waals surface area contributed by atoms with Crippen molar-refractivity contribution in [1.29, 1.82) is 0 Å². The molecule has 0 amide bonds. The van der Waals surface area contributed by atoms with Crippen molar-refractivity contribution in [3.8, 4) is 16.9 Å². The van der Waals surface area contributed by atoms with Gasteiger partial charge in [-0.1, -0.05) is 129 Å². The maximum atomic E-state index is 6.84. The van der Waals surface area contributed by atoms with E-state index in [1.165, 1.54) is 54.9 Å². The SMILES string of the molecule is CC1(C)C2=CC(c3c4ccccc4c(-c4ccccc4)c4ccccc34)=CCC2Oc2c1ccc1c2oc2ccccc21. The van der Waals surface area contributed by atoms with Gasteiger partial charge in [0.15, 0.2) is 11.3 Å². The molecule has 2 heterocycles. The molecule has 43 heavy (non-hydrogen) atoms. The predicted molar refractivity (Wildman–Crippen MR) is 179 cm³/mol. The fourth-order valence-electron chi connectivity index (χ4n) is 7.58. The summed E-state index contributed by atoms with van der Waals surface area (Å²) in [4.78, 5) is 0. The molecule has 1 unspecified atom stereocenters. The number of hydrogen-bond donors (Lipinski definition) is 0. The predicted octanol–water partition coefficient (Wildman–Crippen LogP) is 11.0. The van der Waals surface area contributed by atoms with Crippen LogP contribution in [0.2, 0.25) is 0 Å². The Morgan fingerprint density at radius 3 is 1.91 bits per heavy atom. The molecule has 2 nitrogen and oxygen atoms in total. The lowest BCUT2D eigenvalue weighted by atomic mass is 9.69. The first-order valence-corrected chi connectivity index (χ1v) is 15.1. The van der Waals surface area contributed by atoms with Crippen LogP contribution in [0.4, 0.5) is 0 Å². The Kier molecular flexibility index (Phi) is 5.11. The maximum Gasteiger partial charge on any atom is 0.177 e. The number of para-hydroxylation sites is 1. The number of fused-ring (bicyclic) bond motifs is 8. The van der Waals surface area contributed by atoms with Crippen molar-refractivity contribution >= 4 is 49.1 Å². The quantitative estimate of drug-likeness (QED) is 0.198. The molecule has 2 heteroatoms. The van der Waals surface area contributed by atoms with E-state index in [1.807, 2.05) is 12.1 Å². The van der Waals surface area contributed by atoms with Gasteiger partial charge in [0.25, 0.3) is 0 Å². The number of allylic oxidation sites excluding steroid dienone is 2. The summed E-state index contributed by atoms with van der Waals surface area (Å²) in [7, 11) is 0. The second-order valence-corrected chi connectivity index (χ2v) is 12.4. The highest BCUT2D eigenvalue weighted by atomic mass is 16.5. The average Bonchev–Trinajstić information content (AvgIpc) is 3.43. The highest BCUT2D eigenvalue weighted by molar-refractivity contribution is 6.19. The molecule has 1 atom stereocenters. The van der Waals surface area contributed by atoms with Crippen LogP contribution in [-0.2, 0) is 5.41 Å². The maximum absolute atomic E-state index is 6.84. The van der Waals surface area contributed by atoms with Gasteiger partial charge in [0.2, 0.25) is 0 Å². The first-order valence-electron chi connectivity index (χ1n) is 15.1. The van der Waals surface area contributed by atoms with Gasteiger partial charge in [0, 0.05) is 28.2 Å². The zero-order valence-corrected chi connectivity index (χ0v) is 24.2. The summed E-state index contributed by atoms with van der Waals surface area (Å²) in [6, 6.07) is 41.2. The first-order chi connectivity index (χ1) is 21.1. The van der Waals surface area contributed by atoms with Crippen molar-refractivity contribution < 1.29 is 9.15 Å². The van der Waals surface area contributed by atoms with E-state index in [9.17, 15) is 0 Å². The summed E-state index contributed by atoms with van der Waals surface area (Å²) in [5, 5.41) is 7.36. The molecular weight excluding hydrogens is 524 g/mol. The summed E-state index contributed by atoms with van der Waals surface area (Å²) in [6.07, 6.45) is 5.57. The van der Waals surface area contributed by atoms with E-state index in [0.29, 0.717) is 0 Å². The summed E-state index contributed by atoms with van der Waals surface area (Å²) in [5.41, 5.74) is 9.13. The molecule has 9 rings (SSSR count). The number of furan rings is 1. The molecule has 0 fully saturated rings. The smallest absolute Gasteiger partial charge is 0.177 e. The first kappa shape index (κ1) is 24.5. The van der Waals surface area contributed by atoms with Gasteiger partial charge in [-0.15, -0.1) is 0 Å². The summed E-state index contributed by atoms with van der Waals surface area (Å²) >= 11 is 0. The van der Waals surface area contributed by atoms with Crippen LogP contribution in [0.25, 0.3) is 60.2 Å². The highest BCUT2D eigenvalue weighted by Crippen LogP contribution is 2.52. The van der Waals surface area contributed by atoms with Crippen LogP contribution in [-0.4, -0.2) is 6.10 Å². The fraction of sp³-hybridized carbons (Fsp3) is 0.122. The van der Waals surface area contributed by atoms with Gasteiger partial charge in [-0.05, 0) is 61.5 Å². The average molecular weight is 555 g/mol. The molecule has 206 valence electrons. The fourth-order valence-corrected chi connectivity index (χ4v) is 7.58. The van der Waals surface area contributed by atoms with Crippen molar-refractivity contribution in [3.05, 3.63) is 144 Å². The minimum atomic E-state index is -0.222. The van der Waals surface area contributed by atoms with E-state index >= 15 is 0 Å². The van der Waals surface area contributed by atoms with Crippen molar-refractivity contribution in [2.45, 2.75) is 31.8 Å². The number of rotatable bonds is 2. The van der Waals surface area contributed by atoms with Gasteiger partial charge in [-0.3, -0.25) is 0 Å². The van der Waals surface area contributed by atoms with E-state index in [4.69, 9.17) is 9.15 Å². The zero-order valence-electron chi connectivity index (χ0n) is 24.2. The Bertz CT molecular complexity index is 2260. The minimum absolute atomic E-state index is 0.0359. The molecule has 0 spiro atoms. The van der Waals surface area contributed by atoms with Crippen molar-refractivity contribution in [2.24, 2.45) is 0 Å². The van der Waals surface area contributed by atoms with Crippen molar-refractivity contribution in [1.82, 2.24) is 0 Å². The topological polar surface area (TPSA) is 22.4 Å². The third-order valence-electron chi connectivity index (χ3n) is 9.65. The second kappa shape index (κ2) is 8.96. The van der Waals surface area contributed by atoms with Crippen molar-refractivity contribution in [2.75, 3.05) is 0 Å². The van der Waals surface area contributed by atoms with E-state index in [2.05, 4.69) is 129 Å². The van der Waals surface area contributed by atoms with Crippen LogP contribution in [0.1, 0.15) is 31.4 Å². The van der Waals surface area contributed by atoms with Gasteiger partial charge in [-0.25, -0.2) is 0 Å². The third kappa shape index (κ3) is 3.47. The molecule has 0 N–H and O–H groups in total. The van der Waals surface area contributed by atoms with E-state index < -0.39 is 0 Å². The minimum Gasteiger partial charge on any atom is -0.481 e. The number of ether oxygens (including phenoxy) is 1. The van der Waals surface area contributed by atoms with E-state index in [0.717, 1.165) is 34.1 Å². The Morgan fingerprint density at radius 2 is 1.21 bits per heavy atom. The summed E-state index contributed by atoms with van der Waals surface area (Å²) in [5.74, 6) is 0.890. The van der Waals surface area contributed by atoms with Crippen LogP contribution in [0.5, 0.6) is 5.75 Å². The largest absolute Gasteiger partial charge is 0.481 e. The molecule has 1 aromatic heterocycles. The number of benzene rings is 6. The van der Waals surface area contributed by atoms with E-state index in [-0.39, 0.29) is 11.5 Å². The monoisotopic (exact) mass is 554 g/mol. The van der Waals surface area contributed by atoms with Crippen LogP contribution in [0.15, 0.2) is 137 Å². The summed E-state index contributed by atoms with van der Waals surface area (Å²) in [6.45, 7) is 4.67. The molecule has 0 saturated carbocycles. The zero-order chi connectivity index (χ0) is 28.7. The number of hydrogen-bond acceptors (Lipinski definition) is 2. The van der Waals surface area contributed by atoms with Crippen LogP contribution < -0.4 is 4.74 Å². The van der Waals surface area contributed by atoms with Gasteiger partial charge >= 0.3 is 0 Å². The molecular formula is C41H30O2. The Morgan fingerprint density at radius 1 is 0.605 bits per heavy atom.